The number of carbonyl (C=O) groups excluding carboxylic acids is 1. The molecule has 3 nitrogen and oxygen atoms in total. The van der Waals surface area contributed by atoms with Crippen LogP contribution in [0.4, 0.5) is 4.79 Å². The van der Waals surface area contributed by atoms with Crippen molar-refractivity contribution >= 4 is 16.9 Å². The minimum atomic E-state index is -0.394. The number of nitrogens with one attached hydrogen (secondary N) is 1. The van der Waals surface area contributed by atoms with Crippen LogP contribution in [0.1, 0.15) is 40.2 Å². The smallest absolute Gasteiger partial charge is 0.407 e. The second-order valence-corrected chi connectivity index (χ2v) is 8.92. The highest BCUT2D eigenvalue weighted by molar-refractivity contribution is 5.95. The first-order valence-corrected chi connectivity index (χ1v) is 11.9. The van der Waals surface area contributed by atoms with Crippen LogP contribution in [0.2, 0.25) is 0 Å². The van der Waals surface area contributed by atoms with E-state index in [2.05, 4.69) is 83.9 Å². The third-order valence-electron chi connectivity index (χ3n) is 6.96. The lowest BCUT2D eigenvalue weighted by Crippen LogP contribution is -2.26. The molecule has 4 aromatic rings. The largest absolute Gasteiger partial charge is 0.449 e. The summed E-state index contributed by atoms with van der Waals surface area (Å²) < 4.78 is 5.60. The van der Waals surface area contributed by atoms with Crippen molar-refractivity contribution in [1.82, 2.24) is 5.32 Å². The Kier molecular flexibility index (Phi) is 5.28. The molecule has 0 atom stereocenters. The number of aryl methyl sites for hydroxylation is 2. The SMILES string of the molecule is O=C(NCCC#Cc1ccc2c3c(cccc13)CC2)OCC1c2ccccc2-c2ccccc21. The number of hydrogen-bond donors (Lipinski definition) is 1. The first-order chi connectivity index (χ1) is 16.8. The Morgan fingerprint density at radius 1 is 0.853 bits per heavy atom. The minimum absolute atomic E-state index is 0.0710. The van der Waals surface area contributed by atoms with Crippen LogP contribution in [0.5, 0.6) is 0 Å². The zero-order valence-corrected chi connectivity index (χ0v) is 18.9. The standard InChI is InChI=1S/C31H25NO2/c33-31(34-20-29-27-12-3-1-10-25(27)26-11-2-4-13-28(26)29)32-19-6-5-8-21-15-16-23-18-17-22-9-7-14-24(21)30(22)23/h1-4,7,9-16,29H,6,17-20H2,(H,32,33). The number of benzene rings is 4. The molecule has 0 saturated heterocycles. The van der Waals surface area contributed by atoms with Crippen molar-refractivity contribution in [2.45, 2.75) is 25.2 Å². The highest BCUT2D eigenvalue weighted by Crippen LogP contribution is 2.44. The summed E-state index contributed by atoms with van der Waals surface area (Å²) in [6.45, 7) is 0.789. The fraction of sp³-hybridized carbons (Fsp3) is 0.194. The molecule has 2 aliphatic rings. The predicted molar refractivity (Wildman–Crippen MR) is 136 cm³/mol. The van der Waals surface area contributed by atoms with Crippen LogP contribution < -0.4 is 5.32 Å². The van der Waals surface area contributed by atoms with E-state index in [1.165, 1.54) is 44.2 Å². The molecule has 34 heavy (non-hydrogen) atoms. The lowest BCUT2D eigenvalue weighted by molar-refractivity contribution is 0.143. The summed E-state index contributed by atoms with van der Waals surface area (Å²) in [6, 6.07) is 27.5. The molecule has 0 bridgehead atoms. The van der Waals surface area contributed by atoms with E-state index in [4.69, 9.17) is 4.74 Å². The molecule has 1 N–H and O–H groups in total. The summed E-state index contributed by atoms with van der Waals surface area (Å²) in [7, 11) is 0. The van der Waals surface area contributed by atoms with Crippen LogP contribution in [0, 0.1) is 11.8 Å². The highest BCUT2D eigenvalue weighted by atomic mass is 16.5. The highest BCUT2D eigenvalue weighted by Gasteiger charge is 2.28. The molecule has 0 radical (unpaired) electrons. The first kappa shape index (κ1) is 20.6. The molecule has 2 aliphatic carbocycles. The van der Waals surface area contributed by atoms with Gasteiger partial charge in [-0.15, -0.1) is 0 Å². The maximum Gasteiger partial charge on any atom is 0.407 e. The number of hydrogen-bond acceptors (Lipinski definition) is 2. The maximum absolute atomic E-state index is 12.3. The van der Waals surface area contributed by atoms with Gasteiger partial charge < -0.3 is 10.1 Å². The summed E-state index contributed by atoms with van der Waals surface area (Å²) in [4.78, 5) is 12.3. The summed E-state index contributed by atoms with van der Waals surface area (Å²) in [5.74, 6) is 6.58. The van der Waals surface area contributed by atoms with E-state index in [0.29, 0.717) is 19.6 Å². The van der Waals surface area contributed by atoms with Crippen molar-refractivity contribution in [1.29, 1.82) is 0 Å². The molecule has 1 amide bonds. The van der Waals surface area contributed by atoms with Gasteiger partial charge in [0.1, 0.15) is 6.61 Å². The predicted octanol–water partition coefficient (Wildman–Crippen LogP) is 6.22. The monoisotopic (exact) mass is 443 g/mol. The van der Waals surface area contributed by atoms with Gasteiger partial charge in [0, 0.05) is 24.4 Å². The summed E-state index contributed by atoms with van der Waals surface area (Å²) in [5.41, 5.74) is 8.79. The lowest BCUT2D eigenvalue weighted by atomic mass is 9.98. The van der Waals surface area contributed by atoms with Gasteiger partial charge in [0.15, 0.2) is 0 Å². The van der Waals surface area contributed by atoms with Crippen molar-refractivity contribution in [3.8, 4) is 23.0 Å². The molecular formula is C31H25NO2. The second-order valence-electron chi connectivity index (χ2n) is 8.92. The van der Waals surface area contributed by atoms with E-state index < -0.39 is 6.09 Å². The van der Waals surface area contributed by atoms with Crippen molar-refractivity contribution in [3.63, 3.8) is 0 Å². The number of ether oxygens (including phenoxy) is 1. The van der Waals surface area contributed by atoms with E-state index in [9.17, 15) is 4.79 Å². The average molecular weight is 444 g/mol. The van der Waals surface area contributed by atoms with Gasteiger partial charge in [-0.3, -0.25) is 0 Å². The maximum atomic E-state index is 12.3. The number of alkyl carbamates (subject to hydrolysis) is 1. The Hall–Kier alpha value is -4.03. The van der Waals surface area contributed by atoms with Gasteiger partial charge in [-0.05, 0) is 63.1 Å². The van der Waals surface area contributed by atoms with Crippen LogP contribution in [-0.4, -0.2) is 19.2 Å². The van der Waals surface area contributed by atoms with Crippen molar-refractivity contribution < 1.29 is 9.53 Å². The van der Waals surface area contributed by atoms with Gasteiger partial charge in [0.2, 0.25) is 0 Å². The van der Waals surface area contributed by atoms with Gasteiger partial charge >= 0.3 is 6.09 Å². The molecule has 3 heteroatoms. The summed E-state index contributed by atoms with van der Waals surface area (Å²) in [5, 5.41) is 5.46. The summed E-state index contributed by atoms with van der Waals surface area (Å²) >= 11 is 0. The van der Waals surface area contributed by atoms with Gasteiger partial charge in [-0.1, -0.05) is 84.6 Å². The normalized spacial score (nSPS) is 13.2. The molecule has 6 rings (SSSR count). The van der Waals surface area contributed by atoms with Gasteiger partial charge in [0.25, 0.3) is 0 Å². The number of fused-ring (bicyclic) bond motifs is 3. The molecule has 0 heterocycles. The Morgan fingerprint density at radius 3 is 2.32 bits per heavy atom. The third-order valence-corrected chi connectivity index (χ3v) is 6.96. The topological polar surface area (TPSA) is 38.3 Å². The second kappa shape index (κ2) is 8.72. The zero-order chi connectivity index (χ0) is 22.9. The number of carbonyl (C=O) groups is 1. The average Bonchev–Trinajstić information content (AvgIpc) is 3.44. The van der Waals surface area contributed by atoms with Gasteiger partial charge in [-0.25, -0.2) is 4.79 Å². The number of rotatable bonds is 4. The molecule has 0 aromatic heterocycles. The van der Waals surface area contributed by atoms with Crippen molar-refractivity contribution in [3.05, 3.63) is 107 Å². The van der Waals surface area contributed by atoms with E-state index in [0.717, 1.165) is 18.4 Å². The van der Waals surface area contributed by atoms with E-state index in [1.54, 1.807) is 0 Å². The zero-order valence-electron chi connectivity index (χ0n) is 18.9. The molecule has 0 saturated carbocycles. The van der Waals surface area contributed by atoms with Crippen LogP contribution in [0.25, 0.3) is 21.9 Å². The van der Waals surface area contributed by atoms with Gasteiger partial charge in [0.05, 0.1) is 0 Å². The number of amides is 1. The van der Waals surface area contributed by atoms with Crippen molar-refractivity contribution in [2.24, 2.45) is 0 Å². The molecule has 0 fully saturated rings. The molecule has 4 aromatic carbocycles. The molecule has 0 spiro atoms. The van der Waals surface area contributed by atoms with Crippen LogP contribution >= 0.6 is 0 Å². The van der Waals surface area contributed by atoms with Crippen LogP contribution in [0.3, 0.4) is 0 Å². The van der Waals surface area contributed by atoms with Crippen molar-refractivity contribution in [2.75, 3.05) is 13.2 Å². The Morgan fingerprint density at radius 2 is 1.56 bits per heavy atom. The molecule has 0 aliphatic heterocycles. The van der Waals surface area contributed by atoms with Gasteiger partial charge in [-0.2, -0.15) is 0 Å². The van der Waals surface area contributed by atoms with Crippen LogP contribution in [0.15, 0.2) is 78.9 Å². The van der Waals surface area contributed by atoms with E-state index in [1.807, 2.05) is 12.1 Å². The van der Waals surface area contributed by atoms with Crippen LogP contribution in [-0.2, 0) is 17.6 Å². The molecule has 166 valence electrons. The van der Waals surface area contributed by atoms with E-state index >= 15 is 0 Å². The fourth-order valence-corrected chi connectivity index (χ4v) is 5.39. The Balaban J connectivity index is 1.05. The fourth-order valence-electron chi connectivity index (χ4n) is 5.39. The minimum Gasteiger partial charge on any atom is -0.449 e. The Bertz CT molecular complexity index is 1420. The quantitative estimate of drug-likeness (QED) is 0.300. The first-order valence-electron chi connectivity index (χ1n) is 11.9. The third kappa shape index (κ3) is 3.62. The molecular weight excluding hydrogens is 418 g/mol. The molecule has 0 unspecified atom stereocenters. The Labute approximate surface area is 199 Å². The van der Waals surface area contributed by atoms with E-state index in [-0.39, 0.29) is 5.92 Å². The summed E-state index contributed by atoms with van der Waals surface area (Å²) in [6.07, 6.45) is 2.42. The lowest BCUT2D eigenvalue weighted by Gasteiger charge is -2.14.